The number of carbonyl (C=O) groups excluding carboxylic acids is 4. The van der Waals surface area contributed by atoms with Gasteiger partial charge in [0, 0.05) is 16.5 Å². The number of esters is 1. The van der Waals surface area contributed by atoms with Crippen molar-refractivity contribution in [3.05, 3.63) is 98.5 Å². The van der Waals surface area contributed by atoms with E-state index < -0.39 is 29.0 Å². The van der Waals surface area contributed by atoms with Crippen molar-refractivity contribution < 1.29 is 33.4 Å². The number of hydrogen-bond donors (Lipinski definition) is 2. The van der Waals surface area contributed by atoms with Gasteiger partial charge in [0.15, 0.2) is 18.1 Å². The van der Waals surface area contributed by atoms with Crippen LogP contribution in [0.15, 0.2) is 82.6 Å². The highest BCUT2D eigenvalue weighted by Gasteiger charge is 2.56. The van der Waals surface area contributed by atoms with Crippen LogP contribution < -0.4 is 24.6 Å². The number of thioether (sulfide) groups is 1. The fourth-order valence-corrected chi connectivity index (χ4v) is 8.07. The highest BCUT2D eigenvalue weighted by Crippen LogP contribution is 2.53. The molecule has 3 amide bonds. The van der Waals surface area contributed by atoms with Gasteiger partial charge in [0.25, 0.3) is 5.91 Å². The summed E-state index contributed by atoms with van der Waals surface area (Å²) in [5.74, 6) is -2.23. The first-order valence-electron chi connectivity index (χ1n) is 14.6. The van der Waals surface area contributed by atoms with Crippen LogP contribution in [0.2, 0.25) is 0 Å². The molecular weight excluding hydrogens is 631 g/mol. The number of carbonyl (C=O) groups is 4. The topological polar surface area (TPSA) is 144 Å². The summed E-state index contributed by atoms with van der Waals surface area (Å²) in [6.07, 6.45) is 0. The smallest absolute Gasteiger partial charge is 0.338 e. The third kappa shape index (κ3) is 6.03. The van der Waals surface area contributed by atoms with E-state index >= 15 is 0 Å². The summed E-state index contributed by atoms with van der Waals surface area (Å²) in [4.78, 5) is 69.0. The molecule has 4 aromatic rings. The van der Waals surface area contributed by atoms with Crippen molar-refractivity contribution >= 4 is 58.2 Å². The van der Waals surface area contributed by atoms with Gasteiger partial charge in [-0.15, -0.1) is 0 Å². The predicted octanol–water partition coefficient (Wildman–Crippen LogP) is 4.83. The monoisotopic (exact) mass is 659 g/mol. The van der Waals surface area contributed by atoms with Crippen LogP contribution in [0.4, 0.5) is 11.4 Å². The number of fused-ring (bicyclic) bond motifs is 2. The Hall–Kier alpha value is -4.88. The lowest BCUT2D eigenvalue weighted by Gasteiger charge is -2.30. The minimum Gasteiger partial charge on any atom is -0.490 e. The molecule has 2 aliphatic heterocycles. The normalized spacial score (nSPS) is 18.5. The molecule has 0 spiro atoms. The van der Waals surface area contributed by atoms with Gasteiger partial charge in [-0.25, -0.2) is 9.69 Å². The van der Waals surface area contributed by atoms with Gasteiger partial charge in [-0.2, -0.15) is 0 Å². The van der Waals surface area contributed by atoms with Crippen LogP contribution in [0.25, 0.3) is 0 Å². The zero-order chi connectivity index (χ0) is 32.4. The molecule has 1 fully saturated rings. The predicted molar refractivity (Wildman–Crippen MR) is 173 cm³/mol. The van der Waals surface area contributed by atoms with Crippen LogP contribution in [-0.4, -0.2) is 53.7 Å². The van der Waals surface area contributed by atoms with E-state index in [1.54, 1.807) is 73.7 Å². The molecule has 0 bridgehead atoms. The quantitative estimate of drug-likeness (QED) is 0.181. The van der Waals surface area contributed by atoms with Gasteiger partial charge < -0.3 is 24.5 Å². The number of rotatable bonds is 10. The number of H-pyrrole nitrogens is 1. The lowest BCUT2D eigenvalue weighted by molar-refractivity contribution is -0.122. The number of amides is 3. The van der Waals surface area contributed by atoms with Crippen LogP contribution in [0.3, 0.4) is 0 Å². The number of ether oxygens (including phenoxy) is 3. The fourth-order valence-electron chi connectivity index (χ4n) is 5.56. The van der Waals surface area contributed by atoms with Gasteiger partial charge in [-0.05, 0) is 67.9 Å². The van der Waals surface area contributed by atoms with E-state index in [-0.39, 0.29) is 29.9 Å². The van der Waals surface area contributed by atoms with E-state index in [1.165, 1.54) is 16.7 Å². The van der Waals surface area contributed by atoms with Crippen molar-refractivity contribution in [3.8, 4) is 11.5 Å². The second-order valence-electron chi connectivity index (χ2n) is 10.4. The second-order valence-corrected chi connectivity index (χ2v) is 12.5. The van der Waals surface area contributed by atoms with Gasteiger partial charge in [0.05, 0.1) is 35.4 Å². The van der Waals surface area contributed by atoms with Gasteiger partial charge in [0.1, 0.15) is 5.25 Å². The van der Waals surface area contributed by atoms with Crippen molar-refractivity contribution in [1.29, 1.82) is 0 Å². The van der Waals surface area contributed by atoms with Gasteiger partial charge in [-0.1, -0.05) is 47.4 Å². The molecule has 1 aromatic heterocycles. The van der Waals surface area contributed by atoms with E-state index in [0.717, 1.165) is 11.3 Å². The first-order chi connectivity index (χ1) is 22.3. The Morgan fingerprint density at radius 1 is 0.891 bits per heavy atom. The SMILES string of the molecule is CCOC(=O)c1ccc(NC(=O)COc2ccc([C@H]3c4sc(=O)[nH]c4SC4C(=O)N(c5ccccc5)C(=O)C43)cc2OCC)cc1. The molecule has 0 aliphatic carbocycles. The highest BCUT2D eigenvalue weighted by molar-refractivity contribution is 8.00. The highest BCUT2D eigenvalue weighted by atomic mass is 32.2. The Morgan fingerprint density at radius 2 is 1.65 bits per heavy atom. The molecule has 2 N–H and O–H groups in total. The number of benzene rings is 3. The molecule has 0 radical (unpaired) electrons. The van der Waals surface area contributed by atoms with Gasteiger partial charge in [0.2, 0.25) is 11.8 Å². The van der Waals surface area contributed by atoms with E-state index in [2.05, 4.69) is 10.3 Å². The van der Waals surface area contributed by atoms with Crippen LogP contribution >= 0.6 is 23.1 Å². The number of hydrogen-bond acceptors (Lipinski definition) is 10. The molecule has 2 aliphatic rings. The minimum absolute atomic E-state index is 0.263. The summed E-state index contributed by atoms with van der Waals surface area (Å²) in [7, 11) is 0. The molecule has 46 heavy (non-hydrogen) atoms. The molecule has 6 rings (SSSR count). The molecule has 236 valence electrons. The van der Waals surface area contributed by atoms with Crippen LogP contribution in [-0.2, 0) is 19.1 Å². The Labute approximate surface area is 271 Å². The summed E-state index contributed by atoms with van der Waals surface area (Å²) < 4.78 is 16.7. The number of nitrogens with zero attached hydrogens (tertiary/aromatic N) is 1. The van der Waals surface area contributed by atoms with Gasteiger partial charge in [-0.3, -0.25) is 19.2 Å². The first-order valence-corrected chi connectivity index (χ1v) is 16.3. The maximum Gasteiger partial charge on any atom is 0.338 e. The summed E-state index contributed by atoms with van der Waals surface area (Å²) in [5, 5.41) is 2.57. The van der Waals surface area contributed by atoms with E-state index in [0.29, 0.717) is 50.5 Å². The Morgan fingerprint density at radius 3 is 2.37 bits per heavy atom. The second kappa shape index (κ2) is 13.2. The van der Waals surface area contributed by atoms with E-state index in [4.69, 9.17) is 14.2 Å². The summed E-state index contributed by atoms with van der Waals surface area (Å²) in [5.41, 5.74) is 2.02. The molecule has 0 saturated carbocycles. The number of imide groups is 1. The van der Waals surface area contributed by atoms with Gasteiger partial charge >= 0.3 is 10.8 Å². The maximum atomic E-state index is 13.9. The Kier molecular flexibility index (Phi) is 8.95. The summed E-state index contributed by atoms with van der Waals surface area (Å²) >= 11 is 2.23. The van der Waals surface area contributed by atoms with Crippen molar-refractivity contribution in [2.24, 2.45) is 5.92 Å². The number of aromatic nitrogens is 1. The number of anilines is 2. The Balaban J connectivity index is 1.24. The zero-order valence-corrected chi connectivity index (χ0v) is 26.4. The third-order valence-corrected chi connectivity index (χ3v) is 9.90. The van der Waals surface area contributed by atoms with Crippen LogP contribution in [0.1, 0.15) is 40.6 Å². The molecule has 13 heteroatoms. The largest absolute Gasteiger partial charge is 0.490 e. The molecule has 2 unspecified atom stereocenters. The zero-order valence-electron chi connectivity index (χ0n) is 24.8. The van der Waals surface area contributed by atoms with E-state index in [9.17, 15) is 24.0 Å². The molecule has 3 atom stereocenters. The fraction of sp³-hybridized carbons (Fsp3) is 0.242. The number of aromatic amines is 1. The summed E-state index contributed by atoms with van der Waals surface area (Å²) in [6, 6.07) is 20.3. The van der Waals surface area contributed by atoms with Crippen molar-refractivity contribution in [2.45, 2.75) is 30.0 Å². The minimum atomic E-state index is -0.751. The summed E-state index contributed by atoms with van der Waals surface area (Å²) in [6.45, 7) is 3.77. The van der Waals surface area contributed by atoms with Crippen LogP contribution in [0.5, 0.6) is 11.5 Å². The molecule has 3 aromatic carbocycles. The average molecular weight is 660 g/mol. The average Bonchev–Trinajstić information content (AvgIpc) is 3.55. The molecule has 11 nitrogen and oxygen atoms in total. The molecular formula is C33H29N3O8S2. The standard InChI is InChI=1S/C33H29N3O8S2/c1-3-42-23-16-19(12-15-22(23)44-17-24(37)34-20-13-10-18(11-14-20)32(40)43-4-2)25-26-28(45-29-27(25)46-33(41)35-29)31(39)36(30(26)38)21-8-6-5-7-9-21/h5-16,25-26,28H,3-4,17H2,1-2H3,(H,34,37)(H,35,41)/t25-,26?,28?/m1/s1. The van der Waals surface area contributed by atoms with Crippen molar-refractivity contribution in [2.75, 3.05) is 30.0 Å². The van der Waals surface area contributed by atoms with Crippen LogP contribution in [0, 0.1) is 5.92 Å². The molecule has 3 heterocycles. The Bertz CT molecular complexity index is 1850. The van der Waals surface area contributed by atoms with Crippen molar-refractivity contribution in [3.63, 3.8) is 0 Å². The number of para-hydroxylation sites is 1. The number of nitrogens with one attached hydrogen (secondary N) is 2. The maximum absolute atomic E-state index is 13.9. The lowest BCUT2D eigenvalue weighted by atomic mass is 9.83. The molecule has 1 saturated heterocycles. The first kappa shape index (κ1) is 31.1. The third-order valence-electron chi connectivity index (χ3n) is 7.50. The van der Waals surface area contributed by atoms with E-state index in [1.807, 2.05) is 13.0 Å². The lowest BCUT2D eigenvalue weighted by Crippen LogP contribution is -2.32. The van der Waals surface area contributed by atoms with Crippen molar-refractivity contribution in [1.82, 2.24) is 4.98 Å². The number of thiazole rings is 1.